The van der Waals surface area contributed by atoms with Gasteiger partial charge in [-0.15, -0.1) is 0 Å². The molecule has 1 nitrogen and oxygen atoms in total. The molecular formula is C23H23F5O. The van der Waals surface area contributed by atoms with E-state index in [4.69, 9.17) is 0 Å². The Morgan fingerprint density at radius 2 is 1.55 bits per heavy atom. The Hall–Kier alpha value is -2.37. The van der Waals surface area contributed by atoms with Crippen molar-refractivity contribution in [2.45, 2.75) is 51.1 Å². The van der Waals surface area contributed by atoms with Crippen LogP contribution in [0.1, 0.15) is 56.1 Å². The van der Waals surface area contributed by atoms with Gasteiger partial charge in [0.2, 0.25) is 0 Å². The standard InChI is InChI=1S/C23H23F5O/c1-2-3-4-15-5-7-16(8-6-15)17-9-11-18(12-10-17)23(27,28)29-19-13-20(24)22(26)21(25)14-19/h3-4,9-16H,2,5-8H2,1H3/b4-3+. The lowest BCUT2D eigenvalue weighted by Crippen LogP contribution is -2.22. The molecule has 1 saturated carbocycles. The predicted octanol–water partition coefficient (Wildman–Crippen LogP) is 7.47. The minimum Gasteiger partial charge on any atom is -0.429 e. The summed E-state index contributed by atoms with van der Waals surface area (Å²) in [6.07, 6.45) is 5.80. The molecule has 29 heavy (non-hydrogen) atoms. The zero-order valence-corrected chi connectivity index (χ0v) is 16.1. The van der Waals surface area contributed by atoms with Gasteiger partial charge in [0.05, 0.1) is 5.56 Å². The van der Waals surface area contributed by atoms with E-state index < -0.39 is 34.9 Å². The maximum absolute atomic E-state index is 14.4. The highest BCUT2D eigenvalue weighted by Crippen LogP contribution is 2.38. The van der Waals surface area contributed by atoms with E-state index in [-0.39, 0.29) is 0 Å². The van der Waals surface area contributed by atoms with E-state index in [0.29, 0.717) is 24.0 Å². The number of allylic oxidation sites excluding steroid dienone is 2. The lowest BCUT2D eigenvalue weighted by molar-refractivity contribution is -0.185. The first-order valence-electron chi connectivity index (χ1n) is 9.78. The SMILES string of the molecule is CC/C=C/C1CCC(c2ccc(C(F)(F)Oc3cc(F)c(F)c(F)c3)cc2)CC1. The van der Waals surface area contributed by atoms with E-state index in [2.05, 4.69) is 23.8 Å². The Morgan fingerprint density at radius 3 is 2.10 bits per heavy atom. The number of rotatable bonds is 6. The van der Waals surface area contributed by atoms with E-state index in [1.807, 2.05) is 0 Å². The van der Waals surface area contributed by atoms with Crippen LogP contribution < -0.4 is 4.74 Å². The third-order valence-corrected chi connectivity index (χ3v) is 5.34. The minimum atomic E-state index is -3.81. The van der Waals surface area contributed by atoms with E-state index in [9.17, 15) is 22.0 Å². The summed E-state index contributed by atoms with van der Waals surface area (Å²) in [5.74, 6) is -4.78. The van der Waals surface area contributed by atoms with Gasteiger partial charge in [0, 0.05) is 12.1 Å². The summed E-state index contributed by atoms with van der Waals surface area (Å²) in [5.41, 5.74) is 0.548. The van der Waals surface area contributed by atoms with Crippen LogP contribution in [-0.2, 0) is 6.11 Å². The maximum Gasteiger partial charge on any atom is 0.426 e. The zero-order chi connectivity index (χ0) is 21.0. The molecule has 0 aliphatic heterocycles. The molecular weight excluding hydrogens is 387 g/mol. The van der Waals surface area contributed by atoms with Gasteiger partial charge in [0.1, 0.15) is 5.75 Å². The van der Waals surface area contributed by atoms with Crippen molar-refractivity contribution >= 4 is 0 Å². The molecule has 1 aliphatic rings. The van der Waals surface area contributed by atoms with Crippen LogP contribution >= 0.6 is 0 Å². The largest absolute Gasteiger partial charge is 0.429 e. The molecule has 1 aliphatic carbocycles. The fourth-order valence-electron chi connectivity index (χ4n) is 3.72. The first-order valence-corrected chi connectivity index (χ1v) is 9.78. The summed E-state index contributed by atoms with van der Waals surface area (Å²) in [4.78, 5) is 0. The number of benzene rings is 2. The molecule has 6 heteroatoms. The fourth-order valence-corrected chi connectivity index (χ4v) is 3.72. The van der Waals surface area contributed by atoms with E-state index in [1.54, 1.807) is 12.1 Å². The van der Waals surface area contributed by atoms with Crippen LogP contribution in [-0.4, -0.2) is 0 Å². The molecule has 0 atom stereocenters. The Balaban J connectivity index is 1.67. The highest BCUT2D eigenvalue weighted by Gasteiger charge is 2.35. The Kier molecular flexibility index (Phi) is 6.60. The molecule has 2 aromatic rings. The lowest BCUT2D eigenvalue weighted by atomic mass is 9.78. The van der Waals surface area contributed by atoms with Gasteiger partial charge >= 0.3 is 6.11 Å². The normalized spacial score (nSPS) is 20.2. The molecule has 0 bridgehead atoms. The van der Waals surface area contributed by atoms with Gasteiger partial charge < -0.3 is 4.74 Å². The van der Waals surface area contributed by atoms with Crippen LogP contribution in [0.2, 0.25) is 0 Å². The highest BCUT2D eigenvalue weighted by atomic mass is 19.3. The van der Waals surface area contributed by atoms with Gasteiger partial charge in [-0.1, -0.05) is 31.2 Å². The first-order chi connectivity index (χ1) is 13.8. The lowest BCUT2D eigenvalue weighted by Gasteiger charge is -2.27. The number of halogens is 5. The van der Waals surface area contributed by atoms with Crippen LogP contribution in [0.3, 0.4) is 0 Å². The maximum atomic E-state index is 14.4. The first kappa shape index (κ1) is 21.3. The summed E-state index contributed by atoms with van der Waals surface area (Å²) in [6, 6.07) is 6.60. The molecule has 0 heterocycles. The van der Waals surface area contributed by atoms with E-state index >= 15 is 0 Å². The number of alkyl halides is 2. The molecule has 0 spiro atoms. The van der Waals surface area contributed by atoms with Crippen molar-refractivity contribution in [3.8, 4) is 5.75 Å². The molecule has 0 saturated heterocycles. The average Bonchev–Trinajstić information content (AvgIpc) is 2.70. The molecule has 2 aromatic carbocycles. The predicted molar refractivity (Wildman–Crippen MR) is 101 cm³/mol. The fraction of sp³-hybridized carbons (Fsp3) is 0.391. The van der Waals surface area contributed by atoms with Gasteiger partial charge in [-0.2, -0.15) is 8.78 Å². The molecule has 0 radical (unpaired) electrons. The molecule has 0 N–H and O–H groups in total. The van der Waals surface area contributed by atoms with E-state index in [0.717, 1.165) is 37.7 Å². The Labute approximate surface area is 167 Å². The van der Waals surface area contributed by atoms with Crippen molar-refractivity contribution < 1.29 is 26.7 Å². The van der Waals surface area contributed by atoms with Gasteiger partial charge in [-0.05, 0) is 61.6 Å². The van der Waals surface area contributed by atoms with Gasteiger partial charge in [-0.3, -0.25) is 0 Å². The second-order valence-electron chi connectivity index (χ2n) is 7.39. The quantitative estimate of drug-likeness (QED) is 0.273. The van der Waals surface area contributed by atoms with Crippen molar-refractivity contribution in [2.75, 3.05) is 0 Å². The summed E-state index contributed by atoms with van der Waals surface area (Å²) in [6.45, 7) is 2.10. The monoisotopic (exact) mass is 410 g/mol. The summed E-state index contributed by atoms with van der Waals surface area (Å²) in [7, 11) is 0. The number of ether oxygens (including phenoxy) is 1. The summed E-state index contributed by atoms with van der Waals surface area (Å²) < 4.78 is 72.6. The van der Waals surface area contributed by atoms with Crippen molar-refractivity contribution in [2.24, 2.45) is 5.92 Å². The van der Waals surface area contributed by atoms with Crippen molar-refractivity contribution in [3.05, 3.63) is 77.1 Å². The second-order valence-corrected chi connectivity index (χ2v) is 7.39. The summed E-state index contributed by atoms with van der Waals surface area (Å²) in [5, 5.41) is 0. The number of hydrogen-bond donors (Lipinski definition) is 0. The Bertz CT molecular complexity index is 829. The molecule has 0 amide bonds. The summed E-state index contributed by atoms with van der Waals surface area (Å²) >= 11 is 0. The third kappa shape index (κ3) is 5.17. The zero-order valence-electron chi connectivity index (χ0n) is 16.1. The van der Waals surface area contributed by atoms with Gasteiger partial charge in [-0.25, -0.2) is 13.2 Å². The third-order valence-electron chi connectivity index (χ3n) is 5.34. The van der Waals surface area contributed by atoms with Crippen LogP contribution in [0.15, 0.2) is 48.6 Å². The van der Waals surface area contributed by atoms with Crippen LogP contribution in [0.5, 0.6) is 5.75 Å². The smallest absolute Gasteiger partial charge is 0.426 e. The molecule has 0 aromatic heterocycles. The van der Waals surface area contributed by atoms with Crippen molar-refractivity contribution in [1.82, 2.24) is 0 Å². The van der Waals surface area contributed by atoms with Crippen molar-refractivity contribution in [3.63, 3.8) is 0 Å². The van der Waals surface area contributed by atoms with Crippen LogP contribution in [0.4, 0.5) is 22.0 Å². The molecule has 156 valence electrons. The Morgan fingerprint density at radius 1 is 0.966 bits per heavy atom. The van der Waals surface area contributed by atoms with Crippen LogP contribution in [0.25, 0.3) is 0 Å². The highest BCUT2D eigenvalue weighted by molar-refractivity contribution is 5.30. The molecule has 1 fully saturated rings. The van der Waals surface area contributed by atoms with Gasteiger partial charge in [0.25, 0.3) is 0 Å². The molecule has 3 rings (SSSR count). The number of hydrogen-bond acceptors (Lipinski definition) is 1. The molecule has 0 unspecified atom stereocenters. The van der Waals surface area contributed by atoms with Crippen LogP contribution in [0, 0.1) is 23.4 Å². The van der Waals surface area contributed by atoms with Crippen molar-refractivity contribution in [1.29, 1.82) is 0 Å². The van der Waals surface area contributed by atoms with Gasteiger partial charge in [0.15, 0.2) is 17.5 Å². The minimum absolute atomic E-state index is 0.324. The van der Waals surface area contributed by atoms with E-state index in [1.165, 1.54) is 12.1 Å². The second kappa shape index (κ2) is 8.97. The topological polar surface area (TPSA) is 9.23 Å². The average molecular weight is 410 g/mol.